The molecule has 3 heterocycles. The summed E-state index contributed by atoms with van der Waals surface area (Å²) in [4.78, 5) is 0. The number of piperidine rings is 2. The van der Waals surface area contributed by atoms with Gasteiger partial charge in [0.15, 0.2) is 6.29 Å². The van der Waals surface area contributed by atoms with Gasteiger partial charge in [0.2, 0.25) is 0 Å². The summed E-state index contributed by atoms with van der Waals surface area (Å²) in [5.41, 5.74) is -2.34. The van der Waals surface area contributed by atoms with Gasteiger partial charge in [-0.1, -0.05) is 55.4 Å². The van der Waals surface area contributed by atoms with Gasteiger partial charge < -0.3 is 18.9 Å². The molecule has 3 rings (SSSR count). The molecule has 0 aromatic carbocycles. The Kier molecular flexibility index (Phi) is 13.4. The van der Waals surface area contributed by atoms with Crippen LogP contribution in [0.3, 0.4) is 0 Å². The predicted molar refractivity (Wildman–Crippen MR) is 169 cm³/mol. The minimum Gasteiger partial charge on any atom is -0.375 e. The van der Waals surface area contributed by atoms with Gasteiger partial charge in [0, 0.05) is 6.61 Å². The highest BCUT2D eigenvalue weighted by molar-refractivity contribution is 5.05. The van der Waals surface area contributed by atoms with Crippen LogP contribution < -0.4 is 0 Å². The monoisotopic (exact) mass is 610 g/mol. The number of nitrogens with zero attached hydrogens (tertiary/aromatic N) is 2. The number of hydrogen-bond donors (Lipinski definition) is 0. The molecule has 8 nitrogen and oxygen atoms in total. The molecule has 0 aliphatic carbocycles. The molecular formula is C35H66N2O6. The number of ether oxygens (including phenoxy) is 4. The fraction of sp³-hybridized carbons (Fsp3) is 1.00. The van der Waals surface area contributed by atoms with Crippen LogP contribution in [0.2, 0.25) is 0 Å². The quantitative estimate of drug-likeness (QED) is 0.175. The molecule has 252 valence electrons. The van der Waals surface area contributed by atoms with Crippen molar-refractivity contribution in [2.45, 2.75) is 205 Å². The van der Waals surface area contributed by atoms with Gasteiger partial charge in [0.1, 0.15) is 5.60 Å². The van der Waals surface area contributed by atoms with Crippen LogP contribution in [0.15, 0.2) is 0 Å². The molecule has 2 radical (unpaired) electrons. The van der Waals surface area contributed by atoms with Crippen LogP contribution in [0.5, 0.6) is 0 Å². The van der Waals surface area contributed by atoms with E-state index in [1.807, 2.05) is 0 Å². The first kappa shape index (κ1) is 37.1. The zero-order chi connectivity index (χ0) is 31.9. The number of hydroxylamine groups is 4. The van der Waals surface area contributed by atoms with E-state index in [1.54, 1.807) is 0 Å². The van der Waals surface area contributed by atoms with Crippen molar-refractivity contribution >= 4 is 0 Å². The van der Waals surface area contributed by atoms with Crippen LogP contribution in [0.1, 0.15) is 159 Å². The number of hydrogen-bond acceptors (Lipinski definition) is 6. The molecule has 3 fully saturated rings. The lowest BCUT2D eigenvalue weighted by Gasteiger charge is -2.55. The predicted octanol–water partition coefficient (Wildman–Crippen LogP) is 8.18. The molecule has 3 aliphatic heterocycles. The van der Waals surface area contributed by atoms with Crippen LogP contribution in [0, 0.1) is 0 Å². The summed E-state index contributed by atoms with van der Waals surface area (Å²) in [6, 6.07) is 0. The van der Waals surface area contributed by atoms with E-state index >= 15 is 0 Å². The van der Waals surface area contributed by atoms with Crippen LogP contribution in [0.4, 0.5) is 0 Å². The van der Waals surface area contributed by atoms with Crippen LogP contribution in [-0.4, -0.2) is 76.2 Å². The normalized spacial score (nSPS) is 27.0. The van der Waals surface area contributed by atoms with Crippen molar-refractivity contribution in [2.24, 2.45) is 0 Å². The molecule has 8 heteroatoms. The van der Waals surface area contributed by atoms with Crippen molar-refractivity contribution in [3.05, 3.63) is 0 Å². The fourth-order valence-electron chi connectivity index (χ4n) is 8.54. The molecule has 0 N–H and O–H groups in total. The Hall–Kier alpha value is -0.320. The molecule has 0 aromatic rings. The largest absolute Gasteiger partial charge is 0.375 e. The highest BCUT2D eigenvalue weighted by Crippen LogP contribution is 2.47. The zero-order valence-electron chi connectivity index (χ0n) is 29.3. The second kappa shape index (κ2) is 15.5. The van der Waals surface area contributed by atoms with Gasteiger partial charge in [-0.2, -0.15) is 0 Å². The summed E-state index contributed by atoms with van der Waals surface area (Å²) in [6.45, 7) is 20.7. The Morgan fingerprint density at radius 3 is 1.26 bits per heavy atom. The minimum absolute atomic E-state index is 0.0235. The highest BCUT2D eigenvalue weighted by Gasteiger charge is 2.54. The summed E-state index contributed by atoms with van der Waals surface area (Å²) >= 11 is 0. The fourth-order valence-corrected chi connectivity index (χ4v) is 8.54. The summed E-state index contributed by atoms with van der Waals surface area (Å²) in [6.07, 6.45) is 12.1. The average molecular weight is 611 g/mol. The Morgan fingerprint density at radius 1 is 0.628 bits per heavy atom. The molecular weight excluding hydrogens is 544 g/mol. The van der Waals surface area contributed by atoms with E-state index in [2.05, 4.69) is 62.3 Å². The molecule has 3 saturated heterocycles. The Morgan fingerprint density at radius 2 is 0.977 bits per heavy atom. The van der Waals surface area contributed by atoms with Crippen molar-refractivity contribution in [1.29, 1.82) is 0 Å². The van der Waals surface area contributed by atoms with Gasteiger partial charge in [0.05, 0.1) is 47.6 Å². The van der Waals surface area contributed by atoms with E-state index in [9.17, 15) is 10.4 Å². The number of rotatable bonds is 16. The first-order valence-electron chi connectivity index (χ1n) is 17.9. The second-order valence-electron chi connectivity index (χ2n) is 14.4. The van der Waals surface area contributed by atoms with Gasteiger partial charge in [-0.05, 0) is 103 Å². The van der Waals surface area contributed by atoms with Gasteiger partial charge in [-0.3, -0.25) is 0 Å². The lowest BCUT2D eigenvalue weighted by molar-refractivity contribution is -0.329. The van der Waals surface area contributed by atoms with E-state index < -0.39 is 27.8 Å². The Balaban J connectivity index is 1.82. The zero-order valence-corrected chi connectivity index (χ0v) is 29.3. The lowest BCUT2D eigenvalue weighted by atomic mass is 9.71. The standard InChI is InChI=1S/C35H66N2O6/c1-10-32(11-2)22-28(23-33(12-3,13-4)36(32)38)41-26-31(9,43-30-20-18-19-21-40-30)27-42-29-24-34(14-5,15-6)37(39)35(16-7,17-8)25-29/h28-30H,10-27H2,1-9H3. The molecule has 0 aromatic heterocycles. The molecule has 1 unspecified atom stereocenters. The van der Waals surface area contributed by atoms with Gasteiger partial charge in [0.25, 0.3) is 0 Å². The van der Waals surface area contributed by atoms with E-state index in [0.29, 0.717) is 19.8 Å². The maximum Gasteiger partial charge on any atom is 0.158 e. The molecule has 43 heavy (non-hydrogen) atoms. The van der Waals surface area contributed by atoms with E-state index in [1.165, 1.54) is 10.1 Å². The van der Waals surface area contributed by atoms with Gasteiger partial charge in [-0.25, -0.2) is 0 Å². The second-order valence-corrected chi connectivity index (χ2v) is 14.4. The van der Waals surface area contributed by atoms with Crippen LogP contribution >= 0.6 is 0 Å². The van der Waals surface area contributed by atoms with E-state index in [4.69, 9.17) is 18.9 Å². The third-order valence-corrected chi connectivity index (χ3v) is 12.2. The third-order valence-electron chi connectivity index (χ3n) is 12.2. The smallest absolute Gasteiger partial charge is 0.158 e. The summed E-state index contributed by atoms with van der Waals surface area (Å²) < 4.78 is 26.3. The van der Waals surface area contributed by atoms with Crippen molar-refractivity contribution < 1.29 is 29.4 Å². The van der Waals surface area contributed by atoms with Crippen LogP contribution in [0.25, 0.3) is 0 Å². The topological polar surface area (TPSA) is 83.2 Å². The molecule has 0 spiro atoms. The molecule has 0 amide bonds. The summed E-state index contributed by atoms with van der Waals surface area (Å²) in [5.74, 6) is 0. The molecule has 3 aliphatic rings. The van der Waals surface area contributed by atoms with Gasteiger partial charge in [-0.15, -0.1) is 20.5 Å². The minimum atomic E-state index is -0.713. The highest BCUT2D eigenvalue weighted by atomic mass is 16.7. The first-order chi connectivity index (χ1) is 20.4. The van der Waals surface area contributed by atoms with Crippen molar-refractivity contribution in [2.75, 3.05) is 19.8 Å². The third kappa shape index (κ3) is 7.64. The first-order valence-corrected chi connectivity index (χ1v) is 17.9. The maximum atomic E-state index is 13.8. The molecule has 0 saturated carbocycles. The van der Waals surface area contributed by atoms with Crippen molar-refractivity contribution in [1.82, 2.24) is 10.1 Å². The van der Waals surface area contributed by atoms with E-state index in [-0.39, 0.29) is 18.5 Å². The Bertz CT molecular complexity index is 719. The SMILES string of the molecule is CCC1(CC)CC(OCC(C)(COC2CC(CC)(CC)N([O])C(CC)(CC)C2)OC2CCCCO2)CC(CC)(CC)N1[O]. The van der Waals surface area contributed by atoms with Crippen LogP contribution in [-0.2, 0) is 29.4 Å². The van der Waals surface area contributed by atoms with E-state index in [0.717, 1.165) is 96.3 Å². The average Bonchev–Trinajstić information content (AvgIpc) is 3.04. The van der Waals surface area contributed by atoms with Gasteiger partial charge >= 0.3 is 0 Å². The molecule has 1 atom stereocenters. The summed E-state index contributed by atoms with van der Waals surface area (Å²) in [7, 11) is 0. The Labute approximate surface area is 264 Å². The lowest BCUT2D eigenvalue weighted by Crippen LogP contribution is -2.64. The molecule has 0 bridgehead atoms. The maximum absolute atomic E-state index is 13.8. The summed E-state index contributed by atoms with van der Waals surface area (Å²) in [5, 5.41) is 30.5. The van der Waals surface area contributed by atoms with Crippen molar-refractivity contribution in [3.63, 3.8) is 0 Å². The van der Waals surface area contributed by atoms with Crippen molar-refractivity contribution in [3.8, 4) is 0 Å².